The molecular formula is H18Bi2O9SrTa2. The van der Waals surface area contributed by atoms with Gasteiger partial charge >= 0.3 is 0 Å². The van der Waals surface area contributed by atoms with E-state index in [-0.39, 0.29) is 192 Å². The summed E-state index contributed by atoms with van der Waals surface area (Å²) in [6.45, 7) is 0. The fourth-order valence-electron chi connectivity index (χ4n) is 0. The summed E-state index contributed by atoms with van der Waals surface area (Å²) in [5.74, 6) is 0. The first-order valence-electron chi connectivity index (χ1n) is 0. The molecule has 14 heteroatoms. The van der Waals surface area contributed by atoms with Crippen molar-refractivity contribution in [2.45, 2.75) is 0 Å². The molecule has 0 saturated heterocycles. The third-order valence-electron chi connectivity index (χ3n) is 0. The van der Waals surface area contributed by atoms with E-state index >= 15 is 0 Å². The topological polar surface area (TPSA) is 284 Å². The van der Waals surface area contributed by atoms with Crippen molar-refractivity contribution in [2.24, 2.45) is 0 Å². The Kier molecular flexibility index (Phi) is 5060. The Morgan fingerprint density at radius 1 is 0.286 bits per heavy atom. The van der Waals surface area contributed by atoms with Gasteiger partial charge in [0.2, 0.25) is 0 Å². The van der Waals surface area contributed by atoms with Crippen LogP contribution in [0.3, 0.4) is 0 Å². The van der Waals surface area contributed by atoms with Gasteiger partial charge in [0.15, 0.2) is 0 Å². The summed E-state index contributed by atoms with van der Waals surface area (Å²) in [6, 6.07) is 0. The number of hydrogen-bond donors (Lipinski definition) is 0. The molecule has 0 aromatic carbocycles. The minimum Gasteiger partial charge on any atom is -0.412 e. The van der Waals surface area contributed by atoms with Crippen LogP contribution in [0.5, 0.6) is 0 Å². The molecule has 0 rings (SSSR count). The maximum absolute atomic E-state index is 0. The van der Waals surface area contributed by atoms with Crippen LogP contribution in [0, 0.1) is 0 Å². The molecule has 0 unspecified atom stereocenters. The molecule has 0 aliphatic heterocycles. The number of hydrogen-bond acceptors (Lipinski definition) is 0. The molecule has 18 N–H and O–H groups in total. The molecule has 0 amide bonds. The summed E-state index contributed by atoms with van der Waals surface area (Å²) in [5, 5.41) is 0. The second-order valence-electron chi connectivity index (χ2n) is 0. The summed E-state index contributed by atoms with van der Waals surface area (Å²) < 4.78 is 0. The van der Waals surface area contributed by atoms with Gasteiger partial charge in [0, 0.05) is 143 Å². The minimum absolute atomic E-state index is 0. The maximum Gasteiger partial charge on any atom is 0 e. The first-order valence-corrected chi connectivity index (χ1v) is 0. The van der Waals surface area contributed by atoms with E-state index in [1.54, 1.807) is 0 Å². The van der Waals surface area contributed by atoms with Gasteiger partial charge in [-0.2, -0.15) is 0 Å². The SMILES string of the molecule is O.O.O.O.O.O.O.O.O.[Bi].[Bi].[Sr].[Ta].[Ta]. The van der Waals surface area contributed by atoms with Crippen molar-refractivity contribution in [3.05, 3.63) is 0 Å². The predicted molar refractivity (Wildman–Crippen MR) is 49.8 cm³/mol. The molecule has 9 nitrogen and oxygen atoms in total. The van der Waals surface area contributed by atoms with Crippen molar-refractivity contribution in [2.75, 3.05) is 0 Å². The summed E-state index contributed by atoms with van der Waals surface area (Å²) in [4.78, 5) is 0. The van der Waals surface area contributed by atoms with Gasteiger partial charge in [0.05, 0.1) is 0 Å². The molecule has 14 heavy (non-hydrogen) atoms. The van der Waals surface area contributed by atoms with Crippen molar-refractivity contribution in [3.63, 3.8) is 0 Å². The van der Waals surface area contributed by atoms with Crippen molar-refractivity contribution in [1.82, 2.24) is 0 Å². The van der Waals surface area contributed by atoms with Crippen LogP contribution >= 0.6 is 0 Å². The molecule has 0 fully saturated rings. The molecule has 0 aromatic rings. The van der Waals surface area contributed by atoms with Crippen molar-refractivity contribution >= 4 is 97.9 Å². The first kappa shape index (κ1) is 290. The van der Waals surface area contributed by atoms with Gasteiger partial charge < -0.3 is 49.3 Å². The van der Waals surface area contributed by atoms with E-state index < -0.39 is 0 Å². The van der Waals surface area contributed by atoms with Crippen molar-refractivity contribution < 1.29 is 94.0 Å². The van der Waals surface area contributed by atoms with Gasteiger partial charge in [-0.1, -0.05) is 0 Å². The molecule has 10 radical (unpaired) electrons. The average Bonchev–Trinajstić information content (AvgIpc) is 0. The molecule has 0 aromatic heterocycles. The van der Waals surface area contributed by atoms with Gasteiger partial charge in [0.25, 0.3) is 0 Å². The largest absolute Gasteiger partial charge is 0.412 e. The van der Waals surface area contributed by atoms with Gasteiger partial charge in [-0.05, 0) is 0 Å². The van der Waals surface area contributed by atoms with E-state index in [0.717, 1.165) is 0 Å². The Morgan fingerprint density at radius 3 is 0.286 bits per heavy atom. The smallest absolute Gasteiger partial charge is 0 e. The van der Waals surface area contributed by atoms with Crippen LogP contribution in [0.15, 0.2) is 0 Å². The Morgan fingerprint density at radius 2 is 0.286 bits per heavy atom. The second kappa shape index (κ2) is 244. The van der Waals surface area contributed by atoms with Gasteiger partial charge in [0.1, 0.15) is 0 Å². The summed E-state index contributed by atoms with van der Waals surface area (Å²) >= 11 is 0. The van der Waals surface area contributed by atoms with Gasteiger partial charge in [-0.15, -0.1) is 0 Å². The normalized spacial score (nSPS) is 0. The van der Waals surface area contributed by atoms with E-state index in [1.165, 1.54) is 0 Å². The van der Waals surface area contributed by atoms with Crippen LogP contribution in [0.25, 0.3) is 0 Å². The van der Waals surface area contributed by atoms with Gasteiger partial charge in [-0.3, -0.25) is 0 Å². The molecule has 0 aliphatic carbocycles. The molecule has 0 atom stereocenters. The molecule has 0 saturated carbocycles. The Labute approximate surface area is 188 Å². The minimum atomic E-state index is 0. The third kappa shape index (κ3) is 203. The summed E-state index contributed by atoms with van der Waals surface area (Å²) in [6.07, 6.45) is 0. The zero-order chi connectivity index (χ0) is 0. The molecular weight excluding hydrogens is 1010 g/mol. The van der Waals surface area contributed by atoms with Crippen LogP contribution in [0.2, 0.25) is 0 Å². The zero-order valence-corrected chi connectivity index (χ0v) is 23.9. The van der Waals surface area contributed by atoms with E-state index in [9.17, 15) is 0 Å². The monoisotopic (exact) mass is 1030 g/mol. The maximum atomic E-state index is 0. The summed E-state index contributed by atoms with van der Waals surface area (Å²) in [5.41, 5.74) is 0. The van der Waals surface area contributed by atoms with E-state index in [4.69, 9.17) is 0 Å². The molecule has 94 valence electrons. The quantitative estimate of drug-likeness (QED) is 0.205. The van der Waals surface area contributed by atoms with Crippen LogP contribution in [0.1, 0.15) is 0 Å². The van der Waals surface area contributed by atoms with Crippen LogP contribution in [-0.2, 0) is 44.8 Å². The van der Waals surface area contributed by atoms with Crippen molar-refractivity contribution in [1.29, 1.82) is 0 Å². The van der Waals surface area contributed by atoms with Gasteiger partial charge in [-0.25, -0.2) is 0 Å². The predicted octanol–water partition coefficient (Wildman–Crippen LogP) is -8.57. The fourth-order valence-corrected chi connectivity index (χ4v) is 0. The van der Waals surface area contributed by atoms with Crippen LogP contribution < -0.4 is 0 Å². The molecule has 0 aliphatic rings. The second-order valence-corrected chi connectivity index (χ2v) is 0. The van der Waals surface area contributed by atoms with Crippen LogP contribution in [-0.4, -0.2) is 147 Å². The van der Waals surface area contributed by atoms with E-state index in [1.807, 2.05) is 0 Å². The average molecular weight is 1030 g/mol. The van der Waals surface area contributed by atoms with Crippen molar-refractivity contribution in [3.8, 4) is 0 Å². The van der Waals surface area contributed by atoms with Crippen LogP contribution in [0.4, 0.5) is 0 Å². The zero-order valence-electron chi connectivity index (χ0n) is 7.00. The Hall–Kier alpha value is 4.37. The first-order chi connectivity index (χ1) is 0. The molecule has 0 bridgehead atoms. The Bertz CT molecular complexity index is 20.8. The van der Waals surface area contributed by atoms with E-state index in [2.05, 4.69) is 0 Å². The third-order valence-corrected chi connectivity index (χ3v) is 0. The summed E-state index contributed by atoms with van der Waals surface area (Å²) in [7, 11) is 0. The number of rotatable bonds is 0. The fraction of sp³-hybridized carbons (Fsp3) is 0. The standard InChI is InChI=1S/2Bi.9H2O.Sr.2Ta/h;;9*1H2;;;. The molecule has 0 heterocycles. The van der Waals surface area contributed by atoms with E-state index in [0.29, 0.717) is 0 Å². The molecule has 0 spiro atoms. The Balaban J connectivity index is 0.